The van der Waals surface area contributed by atoms with Gasteiger partial charge in [0.1, 0.15) is 11.6 Å². The van der Waals surface area contributed by atoms with Gasteiger partial charge in [0.15, 0.2) is 0 Å². The predicted molar refractivity (Wildman–Crippen MR) is 89.9 cm³/mol. The number of rotatable bonds is 5. The van der Waals surface area contributed by atoms with Gasteiger partial charge in [0.25, 0.3) is 0 Å². The predicted octanol–water partition coefficient (Wildman–Crippen LogP) is 3.24. The molecule has 0 aromatic carbocycles. The molecule has 3 aromatic rings. The van der Waals surface area contributed by atoms with Crippen LogP contribution >= 0.6 is 0 Å². The lowest BCUT2D eigenvalue weighted by Crippen LogP contribution is -2.11. The van der Waals surface area contributed by atoms with Crippen molar-refractivity contribution in [3.05, 3.63) is 54.2 Å². The second-order valence-corrected chi connectivity index (χ2v) is 5.34. The molecule has 6 nitrogen and oxygen atoms in total. The number of nitrogens with zero attached hydrogens (tertiary/aromatic N) is 5. The zero-order valence-corrected chi connectivity index (χ0v) is 13.6. The Kier molecular flexibility index (Phi) is 4.32. The van der Waals surface area contributed by atoms with Crippen molar-refractivity contribution in [2.24, 2.45) is 0 Å². The van der Waals surface area contributed by atoms with E-state index in [4.69, 9.17) is 0 Å². The minimum absolute atomic E-state index is 0.0643. The average molecular weight is 308 g/mol. The van der Waals surface area contributed by atoms with E-state index in [1.165, 1.54) is 0 Å². The molecule has 3 heterocycles. The fourth-order valence-corrected chi connectivity index (χ4v) is 2.50. The van der Waals surface area contributed by atoms with E-state index >= 15 is 0 Å². The van der Waals surface area contributed by atoms with Gasteiger partial charge in [-0.15, -0.1) is 0 Å². The fourth-order valence-electron chi connectivity index (χ4n) is 2.50. The van der Waals surface area contributed by atoms with E-state index in [0.717, 1.165) is 35.3 Å². The first-order valence-corrected chi connectivity index (χ1v) is 7.72. The highest BCUT2D eigenvalue weighted by Gasteiger charge is 2.11. The van der Waals surface area contributed by atoms with Crippen molar-refractivity contribution in [2.75, 3.05) is 5.32 Å². The summed E-state index contributed by atoms with van der Waals surface area (Å²) in [6.45, 7) is 6.83. The number of nitrogens with one attached hydrogen (secondary N) is 1. The van der Waals surface area contributed by atoms with Crippen LogP contribution in [0.25, 0.3) is 11.4 Å². The highest BCUT2D eigenvalue weighted by atomic mass is 15.3. The highest BCUT2D eigenvalue weighted by molar-refractivity contribution is 5.59. The van der Waals surface area contributed by atoms with Crippen LogP contribution in [0, 0.1) is 6.92 Å². The number of hydrogen-bond donors (Lipinski definition) is 1. The van der Waals surface area contributed by atoms with Crippen molar-refractivity contribution < 1.29 is 0 Å². The molecule has 0 saturated carbocycles. The van der Waals surface area contributed by atoms with Crippen molar-refractivity contribution in [3.63, 3.8) is 0 Å². The molecule has 0 spiro atoms. The molecular weight excluding hydrogens is 288 g/mol. The molecule has 1 N–H and O–H groups in total. The summed E-state index contributed by atoms with van der Waals surface area (Å²) < 4.78 is 1.92. The van der Waals surface area contributed by atoms with Crippen LogP contribution in [0.3, 0.4) is 0 Å². The van der Waals surface area contributed by atoms with Crippen molar-refractivity contribution in [3.8, 4) is 11.4 Å². The zero-order valence-electron chi connectivity index (χ0n) is 13.6. The standard InChI is InChI=1S/C17H20N6/c1-4-23-16(8-10-19-23)15-11-17(22-13(3)21-15)20-12(2)14-7-5-6-9-18-14/h5-12H,4H2,1-3H3,(H,20,21,22). The van der Waals surface area contributed by atoms with Crippen LogP contribution in [0.15, 0.2) is 42.7 Å². The van der Waals surface area contributed by atoms with Crippen LogP contribution in [0.2, 0.25) is 0 Å². The van der Waals surface area contributed by atoms with E-state index in [9.17, 15) is 0 Å². The minimum atomic E-state index is 0.0643. The lowest BCUT2D eigenvalue weighted by atomic mass is 10.2. The lowest BCUT2D eigenvalue weighted by molar-refractivity contribution is 0.665. The first-order chi connectivity index (χ1) is 11.2. The SMILES string of the molecule is CCn1nccc1-c1cc(NC(C)c2ccccn2)nc(C)n1. The molecule has 6 heteroatoms. The Morgan fingerprint density at radius 3 is 2.78 bits per heavy atom. The van der Waals surface area contributed by atoms with Gasteiger partial charge in [0.05, 0.1) is 23.1 Å². The maximum Gasteiger partial charge on any atom is 0.130 e. The molecule has 3 aromatic heterocycles. The van der Waals surface area contributed by atoms with E-state index in [-0.39, 0.29) is 6.04 Å². The van der Waals surface area contributed by atoms with Gasteiger partial charge in [-0.3, -0.25) is 9.67 Å². The second-order valence-electron chi connectivity index (χ2n) is 5.34. The van der Waals surface area contributed by atoms with Crippen LogP contribution < -0.4 is 5.32 Å². The molecule has 0 fully saturated rings. The van der Waals surface area contributed by atoms with E-state index in [1.54, 1.807) is 12.4 Å². The molecule has 0 aliphatic rings. The van der Waals surface area contributed by atoms with Crippen molar-refractivity contribution in [2.45, 2.75) is 33.4 Å². The summed E-state index contributed by atoms with van der Waals surface area (Å²) in [6, 6.07) is 9.88. The third kappa shape index (κ3) is 3.36. The van der Waals surface area contributed by atoms with E-state index in [1.807, 2.05) is 41.9 Å². The zero-order chi connectivity index (χ0) is 16.2. The molecule has 1 unspecified atom stereocenters. The van der Waals surface area contributed by atoms with Crippen molar-refractivity contribution in [1.29, 1.82) is 0 Å². The average Bonchev–Trinajstić information content (AvgIpc) is 3.04. The van der Waals surface area contributed by atoms with E-state index in [2.05, 4.69) is 39.2 Å². The highest BCUT2D eigenvalue weighted by Crippen LogP contribution is 2.22. The summed E-state index contributed by atoms with van der Waals surface area (Å²) in [5.74, 6) is 1.51. The van der Waals surface area contributed by atoms with Gasteiger partial charge in [-0.2, -0.15) is 5.10 Å². The van der Waals surface area contributed by atoms with Gasteiger partial charge in [0.2, 0.25) is 0 Å². The number of hydrogen-bond acceptors (Lipinski definition) is 5. The van der Waals surface area contributed by atoms with Gasteiger partial charge >= 0.3 is 0 Å². The molecule has 3 rings (SSSR count). The fraction of sp³-hybridized carbons (Fsp3) is 0.294. The minimum Gasteiger partial charge on any atom is -0.362 e. The molecule has 118 valence electrons. The van der Waals surface area contributed by atoms with Crippen LogP contribution in [0.4, 0.5) is 5.82 Å². The second kappa shape index (κ2) is 6.56. The van der Waals surface area contributed by atoms with Gasteiger partial charge in [-0.25, -0.2) is 9.97 Å². The van der Waals surface area contributed by atoms with Gasteiger partial charge in [0, 0.05) is 25.0 Å². The first kappa shape index (κ1) is 15.1. The molecule has 1 atom stereocenters. The number of anilines is 1. The summed E-state index contributed by atoms with van der Waals surface area (Å²) in [5.41, 5.74) is 2.84. The van der Waals surface area contributed by atoms with Gasteiger partial charge < -0.3 is 5.32 Å². The van der Waals surface area contributed by atoms with E-state index in [0.29, 0.717) is 0 Å². The van der Waals surface area contributed by atoms with Crippen molar-refractivity contribution in [1.82, 2.24) is 24.7 Å². The molecule has 0 radical (unpaired) electrons. The molecule has 0 amide bonds. The van der Waals surface area contributed by atoms with Crippen LogP contribution in [0.5, 0.6) is 0 Å². The van der Waals surface area contributed by atoms with Crippen LogP contribution in [-0.4, -0.2) is 24.7 Å². The number of pyridine rings is 1. The van der Waals surface area contributed by atoms with Crippen molar-refractivity contribution >= 4 is 5.82 Å². The summed E-state index contributed by atoms with van der Waals surface area (Å²) in [5, 5.41) is 7.70. The summed E-state index contributed by atoms with van der Waals surface area (Å²) in [6.07, 6.45) is 3.59. The number of aromatic nitrogens is 5. The van der Waals surface area contributed by atoms with Gasteiger partial charge in [-0.1, -0.05) is 6.07 Å². The summed E-state index contributed by atoms with van der Waals surface area (Å²) in [4.78, 5) is 13.4. The third-order valence-corrected chi connectivity index (χ3v) is 3.61. The molecule has 0 aliphatic carbocycles. The normalized spacial score (nSPS) is 12.1. The Bertz CT molecular complexity index is 781. The van der Waals surface area contributed by atoms with Crippen LogP contribution in [-0.2, 0) is 6.54 Å². The first-order valence-electron chi connectivity index (χ1n) is 7.72. The van der Waals surface area contributed by atoms with E-state index < -0.39 is 0 Å². The maximum absolute atomic E-state index is 4.54. The Labute approximate surface area is 135 Å². The van der Waals surface area contributed by atoms with Crippen LogP contribution in [0.1, 0.15) is 31.4 Å². The molecule has 23 heavy (non-hydrogen) atoms. The largest absolute Gasteiger partial charge is 0.362 e. The Balaban J connectivity index is 1.89. The summed E-state index contributed by atoms with van der Waals surface area (Å²) >= 11 is 0. The molecule has 0 bridgehead atoms. The summed E-state index contributed by atoms with van der Waals surface area (Å²) in [7, 11) is 0. The Morgan fingerprint density at radius 1 is 1.17 bits per heavy atom. The monoisotopic (exact) mass is 308 g/mol. The third-order valence-electron chi connectivity index (χ3n) is 3.61. The lowest BCUT2D eigenvalue weighted by Gasteiger charge is -2.15. The smallest absolute Gasteiger partial charge is 0.130 e. The Morgan fingerprint density at radius 2 is 2.04 bits per heavy atom. The Hall–Kier alpha value is -2.76. The van der Waals surface area contributed by atoms with Gasteiger partial charge in [-0.05, 0) is 39.0 Å². The quantitative estimate of drug-likeness (QED) is 0.783. The maximum atomic E-state index is 4.54. The molecule has 0 saturated heterocycles. The molecular formula is C17H20N6. The number of aryl methyl sites for hydroxylation is 2. The topological polar surface area (TPSA) is 68.5 Å². The molecule has 0 aliphatic heterocycles.